The minimum absolute atomic E-state index is 0.0737. The van der Waals surface area contributed by atoms with Gasteiger partial charge < -0.3 is 0 Å². The van der Waals surface area contributed by atoms with Crippen molar-refractivity contribution in [1.29, 1.82) is 0 Å². The van der Waals surface area contributed by atoms with Gasteiger partial charge in [-0.1, -0.05) is 20.8 Å². The highest BCUT2D eigenvalue weighted by Crippen LogP contribution is 2.26. The number of hydrogen-bond donors (Lipinski definition) is 0. The van der Waals surface area contributed by atoms with Crippen molar-refractivity contribution in [3.63, 3.8) is 0 Å². The first-order valence-corrected chi connectivity index (χ1v) is 5.22. The van der Waals surface area contributed by atoms with Crippen molar-refractivity contribution in [2.24, 2.45) is 0 Å². The Morgan fingerprint density at radius 3 is 2.47 bits per heavy atom. The zero-order valence-corrected chi connectivity index (χ0v) is 10.00. The molecule has 0 spiro atoms. The molecule has 0 aromatic carbocycles. The number of fused-ring (bicyclic) bond motifs is 1. The zero-order valence-electron chi connectivity index (χ0n) is 10.00. The summed E-state index contributed by atoms with van der Waals surface area (Å²) >= 11 is 0. The van der Waals surface area contributed by atoms with E-state index >= 15 is 0 Å². The van der Waals surface area contributed by atoms with E-state index in [1.165, 1.54) is 11.3 Å². The first kappa shape index (κ1) is 10.1. The maximum atomic E-state index is 4.58. The minimum atomic E-state index is 0.0737. The van der Waals surface area contributed by atoms with Gasteiger partial charge in [0.15, 0.2) is 5.65 Å². The van der Waals surface area contributed by atoms with E-state index in [0.29, 0.717) is 0 Å². The van der Waals surface area contributed by atoms with E-state index < -0.39 is 0 Å². The normalized spacial score (nSPS) is 12.3. The summed E-state index contributed by atoms with van der Waals surface area (Å²) in [6, 6.07) is 1.99. The molecular formula is C12H17N3. The monoisotopic (exact) mass is 203 g/mol. The van der Waals surface area contributed by atoms with Crippen molar-refractivity contribution in [3.8, 4) is 0 Å². The molecule has 0 atom stereocenters. The molecule has 0 saturated heterocycles. The highest BCUT2D eigenvalue weighted by Gasteiger charge is 2.23. The summed E-state index contributed by atoms with van der Waals surface area (Å²) in [5.41, 5.74) is 4.48. The second-order valence-corrected chi connectivity index (χ2v) is 5.05. The van der Waals surface area contributed by atoms with E-state index in [0.717, 1.165) is 11.3 Å². The highest BCUT2D eigenvalue weighted by molar-refractivity contribution is 5.49. The van der Waals surface area contributed by atoms with Crippen molar-refractivity contribution in [1.82, 2.24) is 14.6 Å². The van der Waals surface area contributed by atoms with Gasteiger partial charge in [0.05, 0.1) is 11.4 Å². The Labute approximate surface area is 90.1 Å². The first-order valence-electron chi connectivity index (χ1n) is 5.22. The Morgan fingerprint density at radius 1 is 1.20 bits per heavy atom. The fraction of sp³-hybridized carbons (Fsp3) is 0.500. The van der Waals surface area contributed by atoms with Crippen molar-refractivity contribution >= 4 is 5.65 Å². The van der Waals surface area contributed by atoms with Gasteiger partial charge in [0.1, 0.15) is 0 Å². The Hall–Kier alpha value is -1.38. The van der Waals surface area contributed by atoms with Crippen LogP contribution in [0, 0.1) is 13.8 Å². The number of nitrogens with zero attached hydrogens (tertiary/aromatic N) is 3. The molecule has 0 amide bonds. The fourth-order valence-electron chi connectivity index (χ4n) is 2.03. The lowest BCUT2D eigenvalue weighted by Gasteiger charge is -2.18. The molecule has 0 saturated carbocycles. The number of rotatable bonds is 0. The molecule has 2 aromatic heterocycles. The molecular weight excluding hydrogens is 186 g/mol. The van der Waals surface area contributed by atoms with Crippen LogP contribution in [-0.4, -0.2) is 14.6 Å². The second-order valence-electron chi connectivity index (χ2n) is 5.05. The number of aryl methyl sites for hydroxylation is 2. The lowest BCUT2D eigenvalue weighted by atomic mass is 9.91. The van der Waals surface area contributed by atoms with Crippen molar-refractivity contribution in [3.05, 3.63) is 29.2 Å². The molecule has 2 aromatic rings. The molecule has 3 nitrogen and oxygen atoms in total. The SMILES string of the molecule is Cc1nc2c(C)ccnn2c1C(C)(C)C. The molecule has 2 rings (SSSR count). The van der Waals surface area contributed by atoms with Crippen LogP contribution in [-0.2, 0) is 5.41 Å². The van der Waals surface area contributed by atoms with Gasteiger partial charge in [0.2, 0.25) is 0 Å². The van der Waals surface area contributed by atoms with Crippen molar-refractivity contribution in [2.75, 3.05) is 0 Å². The largest absolute Gasteiger partial charge is 0.232 e. The van der Waals surface area contributed by atoms with Gasteiger partial charge in [-0.3, -0.25) is 0 Å². The Kier molecular flexibility index (Phi) is 2.07. The molecule has 0 N–H and O–H groups in total. The zero-order chi connectivity index (χ0) is 11.2. The van der Waals surface area contributed by atoms with Gasteiger partial charge in [-0.2, -0.15) is 5.10 Å². The maximum Gasteiger partial charge on any atom is 0.157 e. The quantitative estimate of drug-likeness (QED) is 0.659. The third-order valence-corrected chi connectivity index (χ3v) is 2.60. The molecule has 3 heteroatoms. The minimum Gasteiger partial charge on any atom is -0.232 e. The lowest BCUT2D eigenvalue weighted by molar-refractivity contribution is 0.546. The van der Waals surface area contributed by atoms with Crippen molar-refractivity contribution in [2.45, 2.75) is 40.0 Å². The second kappa shape index (κ2) is 3.05. The molecule has 2 heterocycles. The fourth-order valence-corrected chi connectivity index (χ4v) is 2.03. The lowest BCUT2D eigenvalue weighted by Crippen LogP contribution is -2.16. The molecule has 0 bridgehead atoms. The third-order valence-electron chi connectivity index (χ3n) is 2.60. The third kappa shape index (κ3) is 1.52. The maximum absolute atomic E-state index is 4.58. The van der Waals surface area contributed by atoms with E-state index in [9.17, 15) is 0 Å². The van der Waals surface area contributed by atoms with E-state index in [1.807, 2.05) is 16.8 Å². The topological polar surface area (TPSA) is 30.2 Å². The standard InChI is InChI=1S/C12H17N3/c1-8-6-7-13-15-10(12(3,4)5)9(2)14-11(8)15/h6-7H,1-5H3. The number of imidazole rings is 1. The van der Waals surface area contributed by atoms with Crippen LogP contribution in [0.3, 0.4) is 0 Å². The molecule has 80 valence electrons. The van der Waals surface area contributed by atoms with Crippen molar-refractivity contribution < 1.29 is 0 Å². The van der Waals surface area contributed by atoms with Gasteiger partial charge in [-0.25, -0.2) is 9.50 Å². The summed E-state index contributed by atoms with van der Waals surface area (Å²) in [7, 11) is 0. The molecule has 0 fully saturated rings. The average molecular weight is 203 g/mol. The van der Waals surface area contributed by atoms with E-state index in [1.54, 1.807) is 0 Å². The van der Waals surface area contributed by atoms with E-state index in [4.69, 9.17) is 0 Å². The van der Waals surface area contributed by atoms with Crippen LogP contribution in [0.15, 0.2) is 12.3 Å². The smallest absolute Gasteiger partial charge is 0.157 e. The van der Waals surface area contributed by atoms with E-state index in [-0.39, 0.29) is 5.41 Å². The number of aromatic nitrogens is 3. The molecule has 0 radical (unpaired) electrons. The Balaban J connectivity index is 2.86. The Morgan fingerprint density at radius 2 is 1.87 bits per heavy atom. The summed E-state index contributed by atoms with van der Waals surface area (Å²) in [4.78, 5) is 4.58. The van der Waals surface area contributed by atoms with Crippen LogP contribution in [0.5, 0.6) is 0 Å². The van der Waals surface area contributed by atoms with E-state index in [2.05, 4.69) is 44.7 Å². The average Bonchev–Trinajstić information content (AvgIpc) is 2.41. The van der Waals surface area contributed by atoms with Gasteiger partial charge in [-0.05, 0) is 25.5 Å². The predicted molar refractivity (Wildman–Crippen MR) is 61.2 cm³/mol. The van der Waals surface area contributed by atoms with Crippen LogP contribution in [0.4, 0.5) is 0 Å². The van der Waals surface area contributed by atoms with Gasteiger partial charge in [0.25, 0.3) is 0 Å². The summed E-state index contributed by atoms with van der Waals surface area (Å²) in [5, 5.41) is 4.38. The molecule has 0 aliphatic rings. The first-order chi connectivity index (χ1) is 6.91. The van der Waals surface area contributed by atoms with Crippen LogP contribution >= 0.6 is 0 Å². The van der Waals surface area contributed by atoms with Gasteiger partial charge in [-0.15, -0.1) is 0 Å². The Bertz CT molecular complexity index is 503. The van der Waals surface area contributed by atoms with Crippen LogP contribution in [0.1, 0.15) is 37.7 Å². The summed E-state index contributed by atoms with van der Waals surface area (Å²) in [6.07, 6.45) is 1.83. The molecule has 0 aliphatic heterocycles. The summed E-state index contributed by atoms with van der Waals surface area (Å²) in [5.74, 6) is 0. The molecule has 0 aliphatic carbocycles. The summed E-state index contributed by atoms with van der Waals surface area (Å²) < 4.78 is 1.96. The van der Waals surface area contributed by atoms with Gasteiger partial charge in [0, 0.05) is 11.6 Å². The van der Waals surface area contributed by atoms with Crippen LogP contribution < -0.4 is 0 Å². The van der Waals surface area contributed by atoms with Crippen LogP contribution in [0.25, 0.3) is 5.65 Å². The van der Waals surface area contributed by atoms with Gasteiger partial charge >= 0.3 is 0 Å². The highest BCUT2D eigenvalue weighted by atomic mass is 15.3. The predicted octanol–water partition coefficient (Wildman–Crippen LogP) is 2.64. The number of hydrogen-bond acceptors (Lipinski definition) is 2. The summed E-state index contributed by atoms with van der Waals surface area (Å²) in [6.45, 7) is 10.7. The molecule has 0 unspecified atom stereocenters. The van der Waals surface area contributed by atoms with Crippen LogP contribution in [0.2, 0.25) is 0 Å². The molecule has 15 heavy (non-hydrogen) atoms.